The number of halogens is 1. The summed E-state index contributed by atoms with van der Waals surface area (Å²) in [5.74, 6) is 0.0955. The Kier molecular flexibility index (Phi) is 5.04. The van der Waals surface area contributed by atoms with E-state index in [-0.39, 0.29) is 5.82 Å². The SMILES string of the molecule is Cc1ccc(NC(=S)Nc2ncn(Cc3ccccc3F)n2)c(C)c1. The molecule has 0 radical (unpaired) electrons. The number of thiocarbonyl (C=S) groups is 1. The minimum Gasteiger partial charge on any atom is -0.332 e. The van der Waals surface area contributed by atoms with Gasteiger partial charge in [0.05, 0.1) is 6.54 Å². The molecule has 0 saturated heterocycles. The molecule has 0 atom stereocenters. The van der Waals surface area contributed by atoms with E-state index in [9.17, 15) is 4.39 Å². The van der Waals surface area contributed by atoms with Gasteiger partial charge in [0.25, 0.3) is 0 Å². The van der Waals surface area contributed by atoms with Gasteiger partial charge in [0, 0.05) is 11.3 Å². The first-order valence-electron chi connectivity index (χ1n) is 7.79. The summed E-state index contributed by atoms with van der Waals surface area (Å²) in [5.41, 5.74) is 3.77. The minimum atomic E-state index is -0.264. The molecule has 3 rings (SSSR count). The third-order valence-electron chi connectivity index (χ3n) is 3.68. The van der Waals surface area contributed by atoms with Gasteiger partial charge < -0.3 is 5.32 Å². The van der Waals surface area contributed by atoms with Crippen molar-refractivity contribution >= 4 is 29.0 Å². The Hall–Kier alpha value is -2.80. The van der Waals surface area contributed by atoms with Crippen LogP contribution in [0.15, 0.2) is 48.8 Å². The molecule has 0 aliphatic rings. The van der Waals surface area contributed by atoms with Crippen LogP contribution in [0.2, 0.25) is 0 Å². The maximum atomic E-state index is 13.7. The van der Waals surface area contributed by atoms with Crippen molar-refractivity contribution in [3.05, 3.63) is 71.3 Å². The molecule has 3 aromatic rings. The van der Waals surface area contributed by atoms with Crippen molar-refractivity contribution in [3.8, 4) is 0 Å². The summed E-state index contributed by atoms with van der Waals surface area (Å²) < 4.78 is 15.2. The smallest absolute Gasteiger partial charge is 0.248 e. The summed E-state index contributed by atoms with van der Waals surface area (Å²) >= 11 is 5.30. The van der Waals surface area contributed by atoms with E-state index in [1.165, 1.54) is 18.0 Å². The molecule has 128 valence electrons. The molecule has 2 N–H and O–H groups in total. The topological polar surface area (TPSA) is 54.8 Å². The van der Waals surface area contributed by atoms with Gasteiger partial charge in [0.15, 0.2) is 5.11 Å². The molecule has 0 bridgehead atoms. The van der Waals surface area contributed by atoms with Crippen LogP contribution in [0, 0.1) is 19.7 Å². The maximum absolute atomic E-state index is 13.7. The molecular formula is C18H18FN5S. The van der Waals surface area contributed by atoms with Gasteiger partial charge in [-0.3, -0.25) is 5.32 Å². The van der Waals surface area contributed by atoms with Crippen molar-refractivity contribution in [1.29, 1.82) is 0 Å². The fraction of sp³-hybridized carbons (Fsp3) is 0.167. The van der Waals surface area contributed by atoms with Crippen LogP contribution in [0.4, 0.5) is 16.0 Å². The predicted octanol–water partition coefficient (Wildman–Crippen LogP) is 3.89. The largest absolute Gasteiger partial charge is 0.332 e. The third kappa shape index (κ3) is 4.39. The number of hydrogen-bond acceptors (Lipinski definition) is 3. The predicted molar refractivity (Wildman–Crippen MR) is 101 cm³/mol. The van der Waals surface area contributed by atoms with Crippen LogP contribution in [0.3, 0.4) is 0 Å². The Bertz CT molecular complexity index is 906. The van der Waals surface area contributed by atoms with Crippen LogP contribution in [0.5, 0.6) is 0 Å². The number of hydrogen-bond donors (Lipinski definition) is 2. The fourth-order valence-electron chi connectivity index (χ4n) is 2.44. The highest BCUT2D eigenvalue weighted by molar-refractivity contribution is 7.80. The second-order valence-corrected chi connectivity index (χ2v) is 6.16. The number of nitrogens with zero attached hydrogens (tertiary/aromatic N) is 3. The van der Waals surface area contributed by atoms with Crippen molar-refractivity contribution < 1.29 is 4.39 Å². The van der Waals surface area contributed by atoms with Gasteiger partial charge in [-0.1, -0.05) is 35.9 Å². The molecule has 7 heteroatoms. The van der Waals surface area contributed by atoms with Crippen molar-refractivity contribution in [2.75, 3.05) is 10.6 Å². The lowest BCUT2D eigenvalue weighted by molar-refractivity contribution is 0.585. The molecule has 1 heterocycles. The molecule has 0 unspecified atom stereocenters. The summed E-state index contributed by atoms with van der Waals surface area (Å²) in [4.78, 5) is 4.15. The average molecular weight is 355 g/mol. The summed E-state index contributed by atoms with van der Waals surface area (Å²) in [7, 11) is 0. The van der Waals surface area contributed by atoms with Crippen LogP contribution in [-0.4, -0.2) is 19.9 Å². The first-order chi connectivity index (χ1) is 12.0. The highest BCUT2D eigenvalue weighted by Crippen LogP contribution is 2.16. The van der Waals surface area contributed by atoms with Crippen LogP contribution in [0.1, 0.15) is 16.7 Å². The van der Waals surface area contributed by atoms with E-state index in [0.29, 0.717) is 23.2 Å². The molecule has 0 fully saturated rings. The van der Waals surface area contributed by atoms with Crippen LogP contribution < -0.4 is 10.6 Å². The van der Waals surface area contributed by atoms with Crippen molar-refractivity contribution in [3.63, 3.8) is 0 Å². The molecule has 5 nitrogen and oxygen atoms in total. The van der Waals surface area contributed by atoms with Gasteiger partial charge in [0.1, 0.15) is 12.1 Å². The van der Waals surface area contributed by atoms with Crippen LogP contribution in [0.25, 0.3) is 0 Å². The van der Waals surface area contributed by atoms with E-state index < -0.39 is 0 Å². The summed E-state index contributed by atoms with van der Waals surface area (Å²) in [6.45, 7) is 4.36. The molecule has 1 aromatic heterocycles. The van der Waals surface area contributed by atoms with Gasteiger partial charge in [-0.05, 0) is 43.8 Å². The number of benzene rings is 2. The highest BCUT2D eigenvalue weighted by Gasteiger charge is 2.07. The zero-order chi connectivity index (χ0) is 17.8. The standard InChI is InChI=1S/C18H18FN5S/c1-12-7-8-16(13(2)9-12)21-18(25)22-17-20-11-24(23-17)10-14-5-3-4-6-15(14)19/h3-9,11H,10H2,1-2H3,(H2,21,22,23,25). The Morgan fingerprint density at radius 3 is 2.72 bits per heavy atom. The number of anilines is 2. The lowest BCUT2D eigenvalue weighted by Gasteiger charge is -2.11. The molecular weight excluding hydrogens is 337 g/mol. The lowest BCUT2D eigenvalue weighted by atomic mass is 10.1. The van der Waals surface area contributed by atoms with Gasteiger partial charge in [-0.25, -0.2) is 14.1 Å². The van der Waals surface area contributed by atoms with Crippen LogP contribution in [-0.2, 0) is 6.54 Å². The fourth-order valence-corrected chi connectivity index (χ4v) is 2.64. The van der Waals surface area contributed by atoms with E-state index in [2.05, 4.69) is 26.8 Å². The Labute approximate surface area is 150 Å². The first-order valence-corrected chi connectivity index (χ1v) is 8.20. The van der Waals surface area contributed by atoms with Gasteiger partial charge >= 0.3 is 0 Å². The summed E-state index contributed by atoms with van der Waals surface area (Å²) in [6.07, 6.45) is 1.54. The maximum Gasteiger partial charge on any atom is 0.248 e. The zero-order valence-electron chi connectivity index (χ0n) is 14.0. The number of aryl methyl sites for hydroxylation is 2. The van der Waals surface area contributed by atoms with Crippen molar-refractivity contribution in [2.24, 2.45) is 0 Å². The average Bonchev–Trinajstić information content (AvgIpc) is 2.99. The van der Waals surface area contributed by atoms with E-state index in [0.717, 1.165) is 11.3 Å². The highest BCUT2D eigenvalue weighted by atomic mass is 32.1. The molecule has 0 amide bonds. The lowest BCUT2D eigenvalue weighted by Crippen LogP contribution is -2.20. The van der Waals surface area contributed by atoms with Crippen LogP contribution >= 0.6 is 12.2 Å². The second-order valence-electron chi connectivity index (χ2n) is 5.75. The van der Waals surface area contributed by atoms with E-state index >= 15 is 0 Å². The Balaban J connectivity index is 1.63. The minimum absolute atomic E-state index is 0.264. The quantitative estimate of drug-likeness (QED) is 0.696. The number of aromatic nitrogens is 3. The summed E-state index contributed by atoms with van der Waals surface area (Å²) in [6, 6.07) is 12.7. The van der Waals surface area contributed by atoms with E-state index in [4.69, 9.17) is 12.2 Å². The number of rotatable bonds is 4. The van der Waals surface area contributed by atoms with E-state index in [1.807, 2.05) is 26.0 Å². The zero-order valence-corrected chi connectivity index (χ0v) is 14.8. The first kappa shape index (κ1) is 17.0. The molecule has 0 aliphatic heterocycles. The monoisotopic (exact) mass is 355 g/mol. The molecule has 0 saturated carbocycles. The van der Waals surface area contributed by atoms with Crippen molar-refractivity contribution in [2.45, 2.75) is 20.4 Å². The van der Waals surface area contributed by atoms with Gasteiger partial charge in [-0.15, -0.1) is 5.10 Å². The van der Waals surface area contributed by atoms with Gasteiger partial charge in [0.2, 0.25) is 5.95 Å². The van der Waals surface area contributed by atoms with Crippen molar-refractivity contribution in [1.82, 2.24) is 14.8 Å². The second kappa shape index (κ2) is 7.40. The molecule has 25 heavy (non-hydrogen) atoms. The summed E-state index contributed by atoms with van der Waals surface area (Å²) in [5, 5.41) is 10.7. The normalized spacial score (nSPS) is 10.5. The van der Waals surface area contributed by atoms with Gasteiger partial charge in [-0.2, -0.15) is 0 Å². The molecule has 0 aliphatic carbocycles. The third-order valence-corrected chi connectivity index (χ3v) is 3.89. The Morgan fingerprint density at radius 1 is 1.16 bits per heavy atom. The Morgan fingerprint density at radius 2 is 1.96 bits per heavy atom. The number of nitrogens with one attached hydrogen (secondary N) is 2. The molecule has 2 aromatic carbocycles. The molecule has 0 spiro atoms. The van der Waals surface area contributed by atoms with E-state index in [1.54, 1.807) is 22.9 Å².